The second kappa shape index (κ2) is 9.64. The predicted molar refractivity (Wildman–Crippen MR) is 107 cm³/mol. The predicted octanol–water partition coefficient (Wildman–Crippen LogP) is 4.31. The van der Waals surface area contributed by atoms with Crippen molar-refractivity contribution < 1.29 is 14.6 Å². The standard InChI is InChI=1S/C23H25NO3/c1-26-22-9-5-8-20(23(22)27-17-19-6-3-2-4-7-19)16-24-15-14-18-10-12-21(25)13-11-18/h2-13,24-25H,14-17H2,1H3. The molecule has 0 fully saturated rings. The van der Waals surface area contributed by atoms with E-state index in [-0.39, 0.29) is 0 Å². The molecule has 27 heavy (non-hydrogen) atoms. The number of benzene rings is 3. The molecule has 0 saturated heterocycles. The number of ether oxygens (including phenoxy) is 2. The molecule has 2 N–H and O–H groups in total. The molecule has 0 atom stereocenters. The highest BCUT2D eigenvalue weighted by Gasteiger charge is 2.10. The van der Waals surface area contributed by atoms with Crippen LogP contribution in [0.1, 0.15) is 16.7 Å². The van der Waals surface area contributed by atoms with Crippen molar-refractivity contribution in [3.8, 4) is 17.2 Å². The first-order valence-corrected chi connectivity index (χ1v) is 9.07. The lowest BCUT2D eigenvalue weighted by Gasteiger charge is -2.16. The monoisotopic (exact) mass is 363 g/mol. The third kappa shape index (κ3) is 5.50. The molecule has 3 aromatic rings. The fraction of sp³-hybridized carbons (Fsp3) is 0.217. The lowest BCUT2D eigenvalue weighted by molar-refractivity contribution is 0.280. The van der Waals surface area contributed by atoms with Gasteiger partial charge in [0.2, 0.25) is 0 Å². The summed E-state index contributed by atoms with van der Waals surface area (Å²) in [5, 5.41) is 12.8. The number of rotatable bonds is 9. The molecule has 4 nitrogen and oxygen atoms in total. The fourth-order valence-corrected chi connectivity index (χ4v) is 2.87. The molecule has 0 aliphatic carbocycles. The van der Waals surface area contributed by atoms with Crippen LogP contribution in [0.2, 0.25) is 0 Å². The van der Waals surface area contributed by atoms with Gasteiger partial charge in [0.25, 0.3) is 0 Å². The molecule has 3 rings (SSSR count). The van der Waals surface area contributed by atoms with Crippen LogP contribution in [0.15, 0.2) is 72.8 Å². The van der Waals surface area contributed by atoms with Crippen LogP contribution in [0.5, 0.6) is 17.2 Å². The van der Waals surface area contributed by atoms with Crippen LogP contribution in [0.4, 0.5) is 0 Å². The van der Waals surface area contributed by atoms with Gasteiger partial charge in [-0.3, -0.25) is 0 Å². The van der Waals surface area contributed by atoms with Crippen LogP contribution >= 0.6 is 0 Å². The smallest absolute Gasteiger partial charge is 0.166 e. The van der Waals surface area contributed by atoms with Gasteiger partial charge in [0.05, 0.1) is 7.11 Å². The van der Waals surface area contributed by atoms with Crippen LogP contribution < -0.4 is 14.8 Å². The number of aromatic hydroxyl groups is 1. The van der Waals surface area contributed by atoms with Crippen molar-refractivity contribution in [2.24, 2.45) is 0 Å². The summed E-state index contributed by atoms with van der Waals surface area (Å²) in [4.78, 5) is 0. The molecular formula is C23H25NO3. The lowest BCUT2D eigenvalue weighted by Crippen LogP contribution is -2.17. The first-order chi connectivity index (χ1) is 13.3. The molecule has 0 saturated carbocycles. The zero-order valence-corrected chi connectivity index (χ0v) is 15.5. The summed E-state index contributed by atoms with van der Waals surface area (Å²) in [5.74, 6) is 1.81. The molecule has 0 heterocycles. The van der Waals surface area contributed by atoms with Crippen LogP contribution in [0.3, 0.4) is 0 Å². The zero-order chi connectivity index (χ0) is 18.9. The minimum atomic E-state index is 0.295. The molecule has 140 valence electrons. The Hall–Kier alpha value is -2.98. The molecule has 4 heteroatoms. The van der Waals surface area contributed by atoms with Gasteiger partial charge in [-0.2, -0.15) is 0 Å². The van der Waals surface area contributed by atoms with Gasteiger partial charge in [-0.05, 0) is 42.3 Å². The van der Waals surface area contributed by atoms with Crippen molar-refractivity contribution in [2.45, 2.75) is 19.6 Å². The van der Waals surface area contributed by atoms with E-state index in [1.54, 1.807) is 19.2 Å². The number of hydrogen-bond acceptors (Lipinski definition) is 4. The van der Waals surface area contributed by atoms with Gasteiger partial charge in [0, 0.05) is 12.1 Å². The van der Waals surface area contributed by atoms with Crippen molar-refractivity contribution in [1.82, 2.24) is 5.32 Å². The minimum absolute atomic E-state index is 0.295. The van der Waals surface area contributed by atoms with E-state index in [1.165, 1.54) is 5.56 Å². The van der Waals surface area contributed by atoms with Crippen molar-refractivity contribution in [3.05, 3.63) is 89.5 Å². The van der Waals surface area contributed by atoms with E-state index in [9.17, 15) is 5.11 Å². The van der Waals surface area contributed by atoms with E-state index < -0.39 is 0 Å². The van der Waals surface area contributed by atoms with Gasteiger partial charge in [0.15, 0.2) is 11.5 Å². The summed E-state index contributed by atoms with van der Waals surface area (Å²) in [7, 11) is 1.66. The SMILES string of the molecule is COc1cccc(CNCCc2ccc(O)cc2)c1OCc1ccccc1. The van der Waals surface area contributed by atoms with Gasteiger partial charge < -0.3 is 19.9 Å². The summed E-state index contributed by atoms with van der Waals surface area (Å²) >= 11 is 0. The number of phenolic OH excluding ortho intramolecular Hbond substituents is 1. The topological polar surface area (TPSA) is 50.7 Å². The maximum atomic E-state index is 9.35. The second-order valence-corrected chi connectivity index (χ2v) is 6.32. The average molecular weight is 363 g/mol. The molecule has 0 amide bonds. The third-order valence-corrected chi connectivity index (χ3v) is 4.35. The summed E-state index contributed by atoms with van der Waals surface area (Å²) in [6.45, 7) is 2.03. The van der Waals surface area contributed by atoms with Crippen LogP contribution in [0.25, 0.3) is 0 Å². The lowest BCUT2D eigenvalue weighted by atomic mass is 10.1. The van der Waals surface area contributed by atoms with Crippen LogP contribution in [0, 0.1) is 0 Å². The highest BCUT2D eigenvalue weighted by atomic mass is 16.5. The molecular weight excluding hydrogens is 338 g/mol. The molecule has 0 aliphatic heterocycles. The Morgan fingerprint density at radius 2 is 1.63 bits per heavy atom. The Balaban J connectivity index is 1.59. The number of phenols is 1. The summed E-state index contributed by atoms with van der Waals surface area (Å²) in [6, 6.07) is 23.4. The third-order valence-electron chi connectivity index (χ3n) is 4.35. The Bertz CT molecular complexity index is 832. The van der Waals surface area contributed by atoms with E-state index in [2.05, 4.69) is 11.4 Å². The molecule has 0 radical (unpaired) electrons. The van der Waals surface area contributed by atoms with Gasteiger partial charge >= 0.3 is 0 Å². The first-order valence-electron chi connectivity index (χ1n) is 9.07. The van der Waals surface area contributed by atoms with Gasteiger partial charge in [0.1, 0.15) is 12.4 Å². The molecule has 3 aromatic carbocycles. The van der Waals surface area contributed by atoms with E-state index >= 15 is 0 Å². The van der Waals surface area contributed by atoms with Crippen LogP contribution in [-0.2, 0) is 19.6 Å². The quantitative estimate of drug-likeness (QED) is 0.556. The number of hydrogen-bond donors (Lipinski definition) is 2. The highest BCUT2D eigenvalue weighted by Crippen LogP contribution is 2.31. The number of nitrogens with one attached hydrogen (secondary N) is 1. The van der Waals surface area contributed by atoms with Gasteiger partial charge in [-0.25, -0.2) is 0 Å². The Labute approximate surface area is 160 Å². The van der Waals surface area contributed by atoms with Crippen LogP contribution in [-0.4, -0.2) is 18.8 Å². The van der Waals surface area contributed by atoms with Crippen molar-refractivity contribution in [2.75, 3.05) is 13.7 Å². The summed E-state index contributed by atoms with van der Waals surface area (Å²) < 4.78 is 11.6. The highest BCUT2D eigenvalue weighted by molar-refractivity contribution is 5.46. The molecule has 0 spiro atoms. The van der Waals surface area contributed by atoms with E-state index in [1.807, 2.05) is 54.6 Å². The molecule has 0 aromatic heterocycles. The number of para-hydroxylation sites is 1. The van der Waals surface area contributed by atoms with E-state index in [0.29, 0.717) is 18.9 Å². The maximum absolute atomic E-state index is 9.35. The number of methoxy groups -OCH3 is 1. The van der Waals surface area contributed by atoms with E-state index in [4.69, 9.17) is 9.47 Å². The maximum Gasteiger partial charge on any atom is 0.166 e. The molecule has 0 unspecified atom stereocenters. The average Bonchev–Trinajstić information content (AvgIpc) is 2.72. The largest absolute Gasteiger partial charge is 0.508 e. The second-order valence-electron chi connectivity index (χ2n) is 6.32. The Morgan fingerprint density at radius 1 is 0.852 bits per heavy atom. The van der Waals surface area contributed by atoms with E-state index in [0.717, 1.165) is 35.6 Å². The van der Waals surface area contributed by atoms with Gasteiger partial charge in [-0.15, -0.1) is 0 Å². The first kappa shape index (κ1) is 18.8. The van der Waals surface area contributed by atoms with Crippen molar-refractivity contribution in [1.29, 1.82) is 0 Å². The van der Waals surface area contributed by atoms with Crippen molar-refractivity contribution in [3.63, 3.8) is 0 Å². The summed E-state index contributed by atoms with van der Waals surface area (Å²) in [6.07, 6.45) is 0.893. The molecule has 0 bridgehead atoms. The summed E-state index contributed by atoms with van der Waals surface area (Å²) in [5.41, 5.74) is 3.37. The Morgan fingerprint density at radius 3 is 2.37 bits per heavy atom. The Kier molecular flexibility index (Phi) is 6.72. The van der Waals surface area contributed by atoms with Crippen molar-refractivity contribution >= 4 is 0 Å². The minimum Gasteiger partial charge on any atom is -0.508 e. The normalized spacial score (nSPS) is 10.6. The molecule has 0 aliphatic rings. The zero-order valence-electron chi connectivity index (χ0n) is 15.5. The fourth-order valence-electron chi connectivity index (χ4n) is 2.87. The van der Waals surface area contributed by atoms with Gasteiger partial charge in [-0.1, -0.05) is 54.6 Å².